The number of aromatic nitrogens is 4. The Hall–Kier alpha value is -4.68. The fraction of sp³-hybridized carbons (Fsp3) is 0.381. The Labute approximate surface area is 313 Å². The molecule has 1 aliphatic heterocycles. The van der Waals surface area contributed by atoms with Gasteiger partial charge in [0.15, 0.2) is 5.82 Å². The zero-order valence-electron chi connectivity index (χ0n) is 31.3. The van der Waals surface area contributed by atoms with Crippen molar-refractivity contribution in [1.29, 1.82) is 0 Å². The van der Waals surface area contributed by atoms with E-state index in [9.17, 15) is 9.90 Å². The first-order chi connectivity index (χ1) is 25.6. The molecular weight excluding hydrogens is 663 g/mol. The van der Waals surface area contributed by atoms with Gasteiger partial charge in [-0.1, -0.05) is 134 Å². The van der Waals surface area contributed by atoms with Crippen LogP contribution in [0.5, 0.6) is 0 Å². The topological polar surface area (TPSA) is 115 Å². The van der Waals surface area contributed by atoms with E-state index in [0.717, 1.165) is 41.4 Å². The number of tetrazole rings is 1. The third-order valence-corrected chi connectivity index (χ3v) is 10.6. The molecule has 1 atom stereocenters. The van der Waals surface area contributed by atoms with Crippen LogP contribution in [0, 0.1) is 0 Å². The van der Waals surface area contributed by atoms with Crippen molar-refractivity contribution in [1.82, 2.24) is 30.4 Å². The molecule has 0 radical (unpaired) electrons. The van der Waals surface area contributed by atoms with Gasteiger partial charge in [-0.3, -0.25) is 10.1 Å². The van der Waals surface area contributed by atoms with Crippen molar-refractivity contribution in [3.8, 4) is 0 Å². The Kier molecular flexibility index (Phi) is 12.2. The van der Waals surface area contributed by atoms with Crippen molar-refractivity contribution < 1.29 is 19.2 Å². The van der Waals surface area contributed by atoms with Crippen LogP contribution in [0.3, 0.4) is 0 Å². The average molecular weight is 715 g/mol. The van der Waals surface area contributed by atoms with Gasteiger partial charge >= 0.3 is 7.12 Å². The lowest BCUT2D eigenvalue weighted by molar-refractivity contribution is -0.133. The third kappa shape index (κ3) is 8.76. The smallest absolute Gasteiger partial charge is 0.403 e. The number of nitrogens with one attached hydrogen (secondary N) is 1. The average Bonchev–Trinajstić information content (AvgIpc) is 3.71. The van der Waals surface area contributed by atoms with Crippen LogP contribution in [0.25, 0.3) is 0 Å². The minimum Gasteiger partial charge on any atom is -0.403 e. The number of amides is 1. The summed E-state index contributed by atoms with van der Waals surface area (Å²) in [6, 6.07) is 40.7. The van der Waals surface area contributed by atoms with Crippen LogP contribution in [0.2, 0.25) is 6.32 Å². The largest absolute Gasteiger partial charge is 0.457 e. The number of hydrogen-bond acceptors (Lipinski definition) is 8. The number of rotatable bonds is 17. The number of aliphatic hydroxyl groups is 1. The Balaban J connectivity index is 1.34. The number of benzene rings is 4. The Morgan fingerprint density at radius 1 is 0.811 bits per heavy atom. The number of nitrogens with zero attached hydrogens (tertiary/aromatic N) is 5. The van der Waals surface area contributed by atoms with E-state index in [-0.39, 0.29) is 50.0 Å². The maximum atomic E-state index is 13.9. The molecule has 53 heavy (non-hydrogen) atoms. The van der Waals surface area contributed by atoms with Crippen molar-refractivity contribution in [2.75, 3.05) is 13.2 Å². The molecule has 1 fully saturated rings. The lowest BCUT2D eigenvalue weighted by Gasteiger charge is -2.40. The molecule has 0 aliphatic carbocycles. The second-order valence-electron chi connectivity index (χ2n) is 14.7. The van der Waals surface area contributed by atoms with Crippen LogP contribution in [0.15, 0.2) is 121 Å². The highest BCUT2D eigenvalue weighted by Gasteiger charge is 2.50. The molecule has 1 aromatic heterocycles. The number of unbranched alkanes of at least 4 members (excludes halogenated alkanes) is 1. The zero-order valence-corrected chi connectivity index (χ0v) is 31.3. The van der Waals surface area contributed by atoms with E-state index in [0.29, 0.717) is 18.8 Å². The molecule has 5 aromatic rings. The lowest BCUT2D eigenvalue weighted by atomic mass is 9.76. The molecular formula is C42H51BN6O4. The molecule has 2 N–H and O–H groups in total. The van der Waals surface area contributed by atoms with E-state index < -0.39 is 5.54 Å². The summed E-state index contributed by atoms with van der Waals surface area (Å²) in [7, 11) is -0.284. The van der Waals surface area contributed by atoms with Gasteiger partial charge in [-0.15, -0.1) is 5.10 Å². The summed E-state index contributed by atoms with van der Waals surface area (Å²) < 4.78 is 14.2. The standard InChI is InChI=1S/C42H51BN6O4/c1-40(2)41(3,4)53-43(52-40)28-18-17-27-37(39-45-46-47-49(39)32-38(51)48(29-30-50)31-33-19-9-5-10-20-33)44-42(34-21-11-6-12-22-34,35-23-13-7-14-24-35)36-25-15-8-16-26-36/h5-16,19-26,37,44,50H,17-18,27-32H2,1-4H3. The number of carbonyl (C=O) groups is 1. The second kappa shape index (κ2) is 17.0. The van der Waals surface area contributed by atoms with Gasteiger partial charge in [0, 0.05) is 13.1 Å². The van der Waals surface area contributed by atoms with Crippen molar-refractivity contribution in [3.63, 3.8) is 0 Å². The van der Waals surface area contributed by atoms with Crippen LogP contribution in [-0.4, -0.2) is 67.6 Å². The number of aliphatic hydroxyl groups excluding tert-OH is 1. The maximum Gasteiger partial charge on any atom is 0.457 e. The molecule has 10 nitrogen and oxygen atoms in total. The maximum absolute atomic E-state index is 13.9. The highest BCUT2D eigenvalue weighted by molar-refractivity contribution is 6.45. The van der Waals surface area contributed by atoms with Gasteiger partial charge in [-0.05, 0) is 73.1 Å². The number of carbonyl (C=O) groups excluding carboxylic acids is 1. The quantitative estimate of drug-likeness (QED) is 0.0631. The monoisotopic (exact) mass is 714 g/mol. The molecule has 6 rings (SSSR count). The molecule has 1 aliphatic rings. The van der Waals surface area contributed by atoms with Crippen LogP contribution in [0.4, 0.5) is 0 Å². The highest BCUT2D eigenvalue weighted by Crippen LogP contribution is 2.41. The van der Waals surface area contributed by atoms with Gasteiger partial charge < -0.3 is 19.3 Å². The normalized spacial score (nSPS) is 15.7. The molecule has 4 aromatic carbocycles. The van der Waals surface area contributed by atoms with Crippen LogP contribution in [-0.2, 0) is 32.7 Å². The lowest BCUT2D eigenvalue weighted by Crippen LogP contribution is -2.47. The first-order valence-corrected chi connectivity index (χ1v) is 18.6. The summed E-state index contributed by atoms with van der Waals surface area (Å²) in [4.78, 5) is 15.5. The van der Waals surface area contributed by atoms with Crippen molar-refractivity contribution in [2.45, 2.75) is 89.1 Å². The molecule has 0 spiro atoms. The summed E-state index contributed by atoms with van der Waals surface area (Å²) in [5.74, 6) is 0.376. The van der Waals surface area contributed by atoms with Crippen LogP contribution >= 0.6 is 0 Å². The van der Waals surface area contributed by atoms with Crippen LogP contribution < -0.4 is 5.32 Å². The van der Waals surface area contributed by atoms with Gasteiger partial charge in [0.25, 0.3) is 0 Å². The second-order valence-corrected chi connectivity index (χ2v) is 14.7. The van der Waals surface area contributed by atoms with Gasteiger partial charge in [-0.2, -0.15) is 0 Å². The van der Waals surface area contributed by atoms with Gasteiger partial charge in [-0.25, -0.2) is 4.68 Å². The van der Waals surface area contributed by atoms with E-state index >= 15 is 0 Å². The molecule has 0 saturated carbocycles. The van der Waals surface area contributed by atoms with E-state index in [1.165, 1.54) is 0 Å². The Morgan fingerprint density at radius 3 is 1.83 bits per heavy atom. The third-order valence-electron chi connectivity index (χ3n) is 10.6. The molecule has 1 unspecified atom stereocenters. The first-order valence-electron chi connectivity index (χ1n) is 18.6. The summed E-state index contributed by atoms with van der Waals surface area (Å²) in [6.07, 6.45) is 3.10. The predicted molar refractivity (Wildman–Crippen MR) is 207 cm³/mol. The predicted octanol–water partition coefficient (Wildman–Crippen LogP) is 6.58. The minimum atomic E-state index is -0.794. The highest BCUT2D eigenvalue weighted by atomic mass is 16.7. The summed E-state index contributed by atoms with van der Waals surface area (Å²) in [5.41, 5.74) is 2.59. The SMILES string of the molecule is CC1(C)OB(CCCCC(NC(c2ccccc2)(c2ccccc2)c2ccccc2)c2nnnn2CC(=O)N(CCO)Cc2ccccc2)OC1(C)C. The van der Waals surface area contributed by atoms with Crippen molar-refractivity contribution in [2.24, 2.45) is 0 Å². The molecule has 0 bridgehead atoms. The minimum absolute atomic E-state index is 0.0731. The Bertz CT molecular complexity index is 1760. The van der Waals surface area contributed by atoms with E-state index in [4.69, 9.17) is 9.31 Å². The fourth-order valence-corrected chi connectivity index (χ4v) is 7.10. The Morgan fingerprint density at radius 2 is 1.32 bits per heavy atom. The van der Waals surface area contributed by atoms with Gasteiger partial charge in [0.2, 0.25) is 5.91 Å². The van der Waals surface area contributed by atoms with Crippen molar-refractivity contribution >= 4 is 13.0 Å². The first kappa shape index (κ1) is 38.1. The number of hydrogen-bond donors (Lipinski definition) is 2. The van der Waals surface area contributed by atoms with E-state index in [2.05, 4.69) is 121 Å². The molecule has 11 heteroatoms. The van der Waals surface area contributed by atoms with Gasteiger partial charge in [0.05, 0.1) is 29.4 Å². The zero-order chi connectivity index (χ0) is 37.3. The summed E-state index contributed by atoms with van der Waals surface area (Å²) in [5, 5.41) is 27.0. The molecule has 2 heterocycles. The summed E-state index contributed by atoms with van der Waals surface area (Å²) in [6.45, 7) is 8.65. The molecule has 276 valence electrons. The summed E-state index contributed by atoms with van der Waals surface area (Å²) >= 11 is 0. The van der Waals surface area contributed by atoms with Crippen molar-refractivity contribution in [3.05, 3.63) is 149 Å². The molecule has 1 saturated heterocycles. The molecule has 1 amide bonds. The van der Waals surface area contributed by atoms with E-state index in [1.54, 1.807) is 9.58 Å². The van der Waals surface area contributed by atoms with Crippen LogP contribution in [0.1, 0.15) is 81.1 Å². The van der Waals surface area contributed by atoms with Gasteiger partial charge in [0.1, 0.15) is 6.54 Å². The fourth-order valence-electron chi connectivity index (χ4n) is 7.10. The van der Waals surface area contributed by atoms with E-state index in [1.807, 2.05) is 48.5 Å².